The summed E-state index contributed by atoms with van der Waals surface area (Å²) in [5.74, 6) is -4.88. The lowest BCUT2D eigenvalue weighted by Crippen LogP contribution is -2.35. The third-order valence-corrected chi connectivity index (χ3v) is 14.7. The summed E-state index contributed by atoms with van der Waals surface area (Å²) in [4.78, 5) is 92.3. The van der Waals surface area contributed by atoms with Crippen molar-refractivity contribution >= 4 is 74.4 Å². The highest BCUT2D eigenvalue weighted by Crippen LogP contribution is 2.51. The largest absolute Gasteiger partial charge is 0.574 e. The first-order valence-electron chi connectivity index (χ1n) is 25.8. The highest BCUT2D eigenvalue weighted by molar-refractivity contribution is 7.58. The van der Waals surface area contributed by atoms with Crippen molar-refractivity contribution < 1.29 is 80.2 Å². The maximum absolute atomic E-state index is 14.4. The van der Waals surface area contributed by atoms with Gasteiger partial charge in [-0.2, -0.15) is 0 Å². The van der Waals surface area contributed by atoms with Crippen molar-refractivity contribution in [1.29, 1.82) is 0 Å². The fourth-order valence-electron chi connectivity index (χ4n) is 6.76. The number of ether oxygens (including phenoxy) is 6. The summed E-state index contributed by atoms with van der Waals surface area (Å²) in [6, 6.07) is 10.4. The van der Waals surface area contributed by atoms with Crippen LogP contribution in [0.1, 0.15) is 174 Å². The van der Waals surface area contributed by atoms with Crippen molar-refractivity contribution in [2.45, 2.75) is 200 Å². The van der Waals surface area contributed by atoms with Crippen LogP contribution in [0, 0.1) is 28.6 Å². The lowest BCUT2D eigenvalue weighted by molar-refractivity contribution is -0.244. The number of hydrogen-bond acceptors (Lipinski definition) is 17. The maximum atomic E-state index is 14.4. The summed E-state index contributed by atoms with van der Waals surface area (Å²) >= 11 is 0. The third kappa shape index (κ3) is 19.8. The molecule has 1 N–H and O–H groups in total. The molecular weight excluding hydrogens is 1020 g/mol. The van der Waals surface area contributed by atoms with Crippen LogP contribution in [0.2, 0.25) is 0 Å². The Balaban J connectivity index is 2.13. The van der Waals surface area contributed by atoms with Crippen LogP contribution in [0.5, 0.6) is 11.5 Å². The van der Waals surface area contributed by atoms with Gasteiger partial charge >= 0.3 is 70.2 Å². The molecule has 2 unspecified atom stereocenters. The zero-order chi connectivity index (χ0) is 57.5. The molecule has 420 valence electrons. The number of anilines is 1. The molecule has 0 saturated carbocycles. The van der Waals surface area contributed by atoms with E-state index in [1.807, 2.05) is 37.5 Å². The highest BCUT2D eigenvalue weighted by atomic mass is 31.2. The molecule has 0 aliphatic rings. The maximum Gasteiger partial charge on any atom is 0.574 e. The molecule has 1 aromatic heterocycles. The number of esters is 6. The third-order valence-electron chi connectivity index (χ3n) is 11.3. The van der Waals surface area contributed by atoms with Crippen molar-refractivity contribution in [3.8, 4) is 22.8 Å². The van der Waals surface area contributed by atoms with E-state index >= 15 is 0 Å². The van der Waals surface area contributed by atoms with Crippen LogP contribution in [-0.4, -0.2) is 64.6 Å². The molecule has 0 aliphatic carbocycles. The Kier molecular flexibility index (Phi) is 23.9. The number of hydrogen-bond donors (Lipinski definition) is 1. The minimum atomic E-state index is -3.42. The van der Waals surface area contributed by atoms with Crippen LogP contribution in [0.3, 0.4) is 0 Å². The second kappa shape index (κ2) is 28.1. The average molecular weight is 1100 g/mol. The van der Waals surface area contributed by atoms with Crippen LogP contribution in [0.15, 0.2) is 36.4 Å². The molecule has 3 rings (SSSR count). The van der Waals surface area contributed by atoms with E-state index in [-0.39, 0.29) is 23.8 Å². The van der Waals surface area contributed by atoms with Crippen molar-refractivity contribution in [3.05, 3.63) is 42.0 Å². The van der Waals surface area contributed by atoms with Crippen molar-refractivity contribution in [1.82, 2.24) is 4.57 Å². The van der Waals surface area contributed by atoms with Crippen molar-refractivity contribution in [2.24, 2.45) is 21.7 Å². The molecule has 0 saturated heterocycles. The second-order valence-electron chi connectivity index (χ2n) is 22.5. The lowest BCUT2D eigenvalue weighted by atomic mass is 9.97. The van der Waals surface area contributed by atoms with E-state index in [4.69, 9.17) is 37.5 Å². The highest BCUT2D eigenvalue weighted by Gasteiger charge is 2.57. The minimum absolute atomic E-state index is 0.0279. The first-order valence-corrected chi connectivity index (χ1v) is 28.3. The number of benzene rings is 2. The SMILES string of the molecule is CCCCCC(=O)Oc1ccc(-c2c(C)c3cc(NC(=O)CCC([P+](=O)OC(OC(=O)C(C)(C)C)OC(=O)C(C)(C)C)[P+](=O)OC(OC(=O)C(C)(C)C)OC(=O)C(C)(C)C)c(OC(=O)CCCCC)cc3n2CC)cc1. The monoisotopic (exact) mass is 1100 g/mol. The van der Waals surface area contributed by atoms with Crippen LogP contribution in [-0.2, 0) is 77.2 Å². The van der Waals surface area contributed by atoms with Crippen LogP contribution < -0.4 is 14.8 Å². The number of carbonyl (C=O) groups is 7. The number of nitrogens with zero attached hydrogens (tertiary/aromatic N) is 1. The Labute approximate surface area is 449 Å². The zero-order valence-corrected chi connectivity index (χ0v) is 49.0. The fraction of sp³-hybridized carbons (Fsp3) is 0.618. The van der Waals surface area contributed by atoms with Gasteiger partial charge in [0, 0.05) is 37.3 Å². The van der Waals surface area contributed by atoms with E-state index < -0.39 is 105 Å². The zero-order valence-electron chi connectivity index (χ0n) is 47.3. The number of aryl methyl sites for hydroxylation is 2. The van der Waals surface area contributed by atoms with E-state index in [1.54, 1.807) is 24.3 Å². The summed E-state index contributed by atoms with van der Waals surface area (Å²) in [6.07, 6.45) is 4.11. The molecular formula is C55H80N2O17P2+2. The molecule has 2 aromatic carbocycles. The molecule has 0 radical (unpaired) electrons. The van der Waals surface area contributed by atoms with E-state index in [9.17, 15) is 42.7 Å². The van der Waals surface area contributed by atoms with Crippen LogP contribution in [0.4, 0.5) is 5.69 Å². The molecule has 0 bridgehead atoms. The molecule has 21 heteroatoms. The summed E-state index contributed by atoms with van der Waals surface area (Å²) in [5, 5.41) is 1.66. The number of aromatic nitrogens is 1. The first-order chi connectivity index (χ1) is 35.2. The Bertz CT molecular complexity index is 2450. The number of carbonyl (C=O) groups excluding carboxylic acids is 7. The van der Waals surface area contributed by atoms with E-state index in [1.165, 1.54) is 83.1 Å². The average Bonchev–Trinajstić information content (AvgIpc) is 3.57. The van der Waals surface area contributed by atoms with Gasteiger partial charge in [0.05, 0.1) is 45.0 Å². The van der Waals surface area contributed by atoms with Gasteiger partial charge in [0.1, 0.15) is 5.75 Å². The standard InChI is InChI=1S/C55H79N2O17P2/c1-17-20-22-24-42(59)67-36-28-26-35(27-29-36)45-34(4)37-32-38(40(33-39(37)57(45)19-3)68-43(60)25-23-21-18-2)56-41(58)30-31-44(75(65)73-50(69-46(61)52(5,6)7)70-47(62)53(8,9)10)76(66)74-51(71-48(63)54(11,12)13)72-49(64)55(14,15)16/h26-29,32-33,44,50-51H,17-25,30-31H2,1-16H3/q+1/p+1. The van der Waals surface area contributed by atoms with Gasteiger partial charge in [0.25, 0.3) is 0 Å². The molecule has 1 amide bonds. The molecule has 1 heterocycles. The number of unbranched alkanes of at least 4 members (excludes halogenated alkanes) is 4. The minimum Gasteiger partial charge on any atom is -0.427 e. The van der Waals surface area contributed by atoms with Gasteiger partial charge in [-0.05, 0) is 160 Å². The summed E-state index contributed by atoms with van der Waals surface area (Å²) < 4.78 is 74.8. The van der Waals surface area contributed by atoms with Gasteiger partial charge in [-0.25, -0.2) is 0 Å². The quantitative estimate of drug-likeness (QED) is 0.0258. The van der Waals surface area contributed by atoms with Gasteiger partial charge < -0.3 is 38.3 Å². The predicted octanol–water partition coefficient (Wildman–Crippen LogP) is 13.1. The number of rotatable bonds is 26. The van der Waals surface area contributed by atoms with Crippen LogP contribution >= 0.6 is 16.1 Å². The molecule has 0 aliphatic heterocycles. The van der Waals surface area contributed by atoms with Crippen molar-refractivity contribution in [2.75, 3.05) is 5.32 Å². The molecule has 19 nitrogen and oxygen atoms in total. The molecule has 2 atom stereocenters. The molecule has 0 fully saturated rings. The number of amides is 1. The smallest absolute Gasteiger partial charge is 0.427 e. The number of fused-ring (bicyclic) bond motifs is 1. The van der Waals surface area contributed by atoms with E-state index in [0.717, 1.165) is 48.9 Å². The lowest BCUT2D eigenvalue weighted by Gasteiger charge is -2.23. The Hall–Kier alpha value is -5.61. The first kappa shape index (κ1) is 64.7. The van der Waals surface area contributed by atoms with Gasteiger partial charge in [-0.1, -0.05) is 48.6 Å². The van der Waals surface area contributed by atoms with Gasteiger partial charge in [-0.15, -0.1) is 0 Å². The molecule has 0 spiro atoms. The van der Waals surface area contributed by atoms with Crippen LogP contribution in [0.25, 0.3) is 22.2 Å². The number of nitrogens with one attached hydrogen (secondary N) is 1. The predicted molar refractivity (Wildman–Crippen MR) is 286 cm³/mol. The summed E-state index contributed by atoms with van der Waals surface area (Å²) in [7, 11) is -6.84. The van der Waals surface area contributed by atoms with Crippen molar-refractivity contribution in [3.63, 3.8) is 0 Å². The Morgan fingerprint density at radius 3 is 1.39 bits per heavy atom. The molecule has 3 aromatic rings. The van der Waals surface area contributed by atoms with Gasteiger partial charge in [0.15, 0.2) is 5.75 Å². The Morgan fingerprint density at radius 2 is 1.00 bits per heavy atom. The topological polar surface area (TPSA) is 244 Å². The van der Waals surface area contributed by atoms with Gasteiger partial charge in [-0.3, -0.25) is 33.6 Å². The molecule has 76 heavy (non-hydrogen) atoms. The summed E-state index contributed by atoms with van der Waals surface area (Å²) in [6.45, 7) is 22.0. The summed E-state index contributed by atoms with van der Waals surface area (Å²) in [5.41, 5.74) is -1.48. The van der Waals surface area contributed by atoms with E-state index in [2.05, 4.69) is 12.2 Å². The van der Waals surface area contributed by atoms with E-state index in [0.29, 0.717) is 36.0 Å². The normalized spacial score (nSPS) is 13.0. The second-order valence-corrected chi connectivity index (χ2v) is 25.7. The Morgan fingerprint density at radius 1 is 0.579 bits per heavy atom. The fourth-order valence-corrected chi connectivity index (χ4v) is 9.18. The van der Waals surface area contributed by atoms with Gasteiger partial charge in [0.2, 0.25) is 5.91 Å².